The van der Waals surface area contributed by atoms with E-state index in [1.54, 1.807) is 0 Å². The van der Waals surface area contributed by atoms with Crippen LogP contribution in [-0.4, -0.2) is 34.3 Å². The number of nitrogens with one attached hydrogen (secondary N) is 2. The van der Waals surface area contributed by atoms with Crippen LogP contribution in [0.4, 0.5) is 0 Å². The molecule has 1 aliphatic rings. The number of aryl methyl sites for hydroxylation is 1. The molecule has 0 saturated heterocycles. The molecule has 0 saturated carbocycles. The number of unbranched alkanes of at least 4 members (excludes halogenated alkanes) is 4. The van der Waals surface area contributed by atoms with Crippen molar-refractivity contribution in [3.05, 3.63) is 95.1 Å². The highest BCUT2D eigenvalue weighted by atomic mass is 16.2. The first-order valence-corrected chi connectivity index (χ1v) is 15.3. The number of para-hydroxylation sites is 1. The van der Waals surface area contributed by atoms with Crippen molar-refractivity contribution in [2.24, 2.45) is 5.92 Å². The highest BCUT2D eigenvalue weighted by Gasteiger charge is 2.45. The van der Waals surface area contributed by atoms with Gasteiger partial charge >= 0.3 is 0 Å². The van der Waals surface area contributed by atoms with Gasteiger partial charge in [0.15, 0.2) is 0 Å². The molecule has 5 heteroatoms. The number of nitrogens with zero attached hydrogens (tertiary/aromatic N) is 1. The van der Waals surface area contributed by atoms with Gasteiger partial charge in [0.25, 0.3) is 5.91 Å². The summed E-state index contributed by atoms with van der Waals surface area (Å²) in [5.41, 5.74) is 6.95. The van der Waals surface area contributed by atoms with Crippen LogP contribution in [0.25, 0.3) is 22.2 Å². The van der Waals surface area contributed by atoms with Gasteiger partial charge in [-0.15, -0.1) is 0 Å². The van der Waals surface area contributed by atoms with Crippen molar-refractivity contribution in [3.8, 4) is 11.3 Å². The SMILES string of the molecule is CCCCCCCNC(=O)C(CC(C)C)N1C(=O)c2ccccc2C1c1c(-c2ccc(C)cc2)[nH]c2ccccc12. The van der Waals surface area contributed by atoms with Gasteiger partial charge in [0, 0.05) is 28.6 Å². The first-order valence-electron chi connectivity index (χ1n) is 15.3. The van der Waals surface area contributed by atoms with E-state index in [9.17, 15) is 9.59 Å². The van der Waals surface area contributed by atoms with Gasteiger partial charge in [-0.25, -0.2) is 0 Å². The summed E-state index contributed by atoms with van der Waals surface area (Å²) in [6.45, 7) is 9.17. The third-order valence-electron chi connectivity index (χ3n) is 8.27. The van der Waals surface area contributed by atoms with Crippen LogP contribution in [0.2, 0.25) is 0 Å². The quantitative estimate of drug-likeness (QED) is 0.175. The lowest BCUT2D eigenvalue weighted by Gasteiger charge is -2.34. The first kappa shape index (κ1) is 28.7. The molecule has 3 aromatic carbocycles. The summed E-state index contributed by atoms with van der Waals surface area (Å²) in [7, 11) is 0. The van der Waals surface area contributed by atoms with E-state index in [4.69, 9.17) is 0 Å². The van der Waals surface area contributed by atoms with E-state index in [1.807, 2.05) is 35.2 Å². The molecule has 214 valence electrons. The minimum absolute atomic E-state index is 0.0583. The van der Waals surface area contributed by atoms with Crippen LogP contribution in [0.5, 0.6) is 0 Å². The molecule has 0 bridgehead atoms. The number of rotatable bonds is 12. The summed E-state index contributed by atoms with van der Waals surface area (Å²) in [6.07, 6.45) is 6.26. The highest BCUT2D eigenvalue weighted by Crippen LogP contribution is 2.47. The van der Waals surface area contributed by atoms with Crippen molar-refractivity contribution in [3.63, 3.8) is 0 Å². The Kier molecular flexibility index (Phi) is 8.92. The molecule has 1 aromatic heterocycles. The van der Waals surface area contributed by atoms with Crippen LogP contribution < -0.4 is 5.32 Å². The van der Waals surface area contributed by atoms with Crippen molar-refractivity contribution in [1.82, 2.24) is 15.2 Å². The number of aromatic nitrogens is 1. The third kappa shape index (κ3) is 5.95. The Labute approximate surface area is 244 Å². The number of benzene rings is 3. The summed E-state index contributed by atoms with van der Waals surface area (Å²) in [5.74, 6) is 0.110. The average molecular weight is 550 g/mol. The van der Waals surface area contributed by atoms with E-state index in [2.05, 4.69) is 80.5 Å². The molecule has 4 aromatic rings. The molecule has 2 heterocycles. The van der Waals surface area contributed by atoms with Gasteiger partial charge in [0.2, 0.25) is 5.91 Å². The van der Waals surface area contributed by atoms with Crippen molar-refractivity contribution in [2.45, 2.75) is 78.3 Å². The molecule has 5 rings (SSSR count). The molecule has 2 amide bonds. The number of carbonyl (C=O) groups is 2. The van der Waals surface area contributed by atoms with Gasteiger partial charge in [-0.2, -0.15) is 0 Å². The Morgan fingerprint density at radius 3 is 2.39 bits per heavy atom. The second kappa shape index (κ2) is 12.8. The zero-order valence-electron chi connectivity index (χ0n) is 24.9. The predicted molar refractivity (Wildman–Crippen MR) is 168 cm³/mol. The summed E-state index contributed by atoms with van der Waals surface area (Å²) in [6, 6.07) is 23.7. The average Bonchev–Trinajstić information content (AvgIpc) is 3.48. The third-order valence-corrected chi connectivity index (χ3v) is 8.27. The maximum Gasteiger partial charge on any atom is 0.255 e. The number of carbonyl (C=O) groups excluding carboxylic acids is 2. The number of aromatic amines is 1. The van der Waals surface area contributed by atoms with E-state index in [0.717, 1.165) is 46.1 Å². The summed E-state index contributed by atoms with van der Waals surface area (Å²) >= 11 is 0. The topological polar surface area (TPSA) is 65.2 Å². The molecule has 0 aliphatic carbocycles. The Bertz CT molecular complexity index is 1500. The molecule has 0 spiro atoms. The molecule has 2 atom stereocenters. The molecular weight excluding hydrogens is 506 g/mol. The van der Waals surface area contributed by atoms with Crippen molar-refractivity contribution in [1.29, 1.82) is 0 Å². The van der Waals surface area contributed by atoms with E-state index >= 15 is 0 Å². The molecule has 41 heavy (non-hydrogen) atoms. The largest absolute Gasteiger partial charge is 0.354 e. The minimum atomic E-state index is -0.574. The molecule has 0 radical (unpaired) electrons. The molecular formula is C36H43N3O2. The Hall–Kier alpha value is -3.86. The van der Waals surface area contributed by atoms with Gasteiger partial charge in [-0.3, -0.25) is 9.59 Å². The van der Waals surface area contributed by atoms with Crippen molar-refractivity contribution in [2.75, 3.05) is 6.54 Å². The van der Waals surface area contributed by atoms with E-state index in [0.29, 0.717) is 18.5 Å². The first-order chi connectivity index (χ1) is 19.9. The summed E-state index contributed by atoms with van der Waals surface area (Å²) < 4.78 is 0. The van der Waals surface area contributed by atoms with Crippen molar-refractivity contribution < 1.29 is 9.59 Å². The van der Waals surface area contributed by atoms with Crippen LogP contribution in [0.3, 0.4) is 0 Å². The number of hydrogen-bond donors (Lipinski definition) is 2. The molecule has 2 N–H and O–H groups in total. The summed E-state index contributed by atoms with van der Waals surface area (Å²) in [5, 5.41) is 4.28. The highest BCUT2D eigenvalue weighted by molar-refractivity contribution is 6.04. The molecule has 2 unspecified atom stereocenters. The fraction of sp³-hybridized carbons (Fsp3) is 0.389. The zero-order valence-corrected chi connectivity index (χ0v) is 24.9. The fourth-order valence-corrected chi connectivity index (χ4v) is 6.20. The number of hydrogen-bond acceptors (Lipinski definition) is 2. The normalized spacial score (nSPS) is 15.5. The maximum atomic E-state index is 14.2. The lowest BCUT2D eigenvalue weighted by atomic mass is 9.91. The van der Waals surface area contributed by atoms with Gasteiger partial charge in [-0.1, -0.05) is 113 Å². The van der Waals surface area contributed by atoms with E-state index in [-0.39, 0.29) is 23.8 Å². The van der Waals surface area contributed by atoms with Gasteiger partial charge < -0.3 is 15.2 Å². The maximum absolute atomic E-state index is 14.2. The Morgan fingerprint density at radius 2 is 1.63 bits per heavy atom. The monoisotopic (exact) mass is 549 g/mol. The van der Waals surface area contributed by atoms with E-state index in [1.165, 1.54) is 24.8 Å². The Balaban J connectivity index is 1.60. The second-order valence-electron chi connectivity index (χ2n) is 11.9. The number of fused-ring (bicyclic) bond motifs is 2. The minimum Gasteiger partial charge on any atom is -0.354 e. The van der Waals surface area contributed by atoms with Crippen molar-refractivity contribution >= 4 is 22.7 Å². The fourth-order valence-electron chi connectivity index (χ4n) is 6.20. The van der Waals surface area contributed by atoms with Crippen LogP contribution in [0.1, 0.15) is 92.4 Å². The number of H-pyrrole nitrogens is 1. The molecule has 1 aliphatic heterocycles. The van der Waals surface area contributed by atoms with Crippen LogP contribution in [0.15, 0.2) is 72.8 Å². The van der Waals surface area contributed by atoms with Crippen LogP contribution in [0, 0.1) is 12.8 Å². The Morgan fingerprint density at radius 1 is 0.927 bits per heavy atom. The lowest BCUT2D eigenvalue weighted by Crippen LogP contribution is -2.49. The molecule has 0 fully saturated rings. The predicted octanol–water partition coefficient (Wildman–Crippen LogP) is 8.19. The van der Waals surface area contributed by atoms with Crippen LogP contribution >= 0.6 is 0 Å². The molecule has 5 nitrogen and oxygen atoms in total. The van der Waals surface area contributed by atoms with Gasteiger partial charge in [0.1, 0.15) is 6.04 Å². The second-order valence-corrected chi connectivity index (χ2v) is 11.9. The van der Waals surface area contributed by atoms with Gasteiger partial charge in [0.05, 0.1) is 11.7 Å². The zero-order chi connectivity index (χ0) is 28.9. The number of amides is 2. The standard InChI is InChI=1S/C36H43N3O2/c1-5-6-7-8-13-22-37-35(40)31(23-24(2)3)39-34(27-14-9-10-15-28(27)36(39)41)32-29-16-11-12-17-30(29)38-33(32)26-20-18-25(4)19-21-26/h9-12,14-21,24,31,34,38H,5-8,13,22-23H2,1-4H3,(H,37,40). The van der Waals surface area contributed by atoms with E-state index < -0.39 is 6.04 Å². The van der Waals surface area contributed by atoms with Gasteiger partial charge in [-0.05, 0) is 48.9 Å². The smallest absolute Gasteiger partial charge is 0.255 e. The van der Waals surface area contributed by atoms with Crippen LogP contribution in [-0.2, 0) is 4.79 Å². The lowest BCUT2D eigenvalue weighted by molar-refractivity contribution is -0.126. The summed E-state index contributed by atoms with van der Waals surface area (Å²) in [4.78, 5) is 33.7.